The fourth-order valence-electron chi connectivity index (χ4n) is 6.42. The van der Waals surface area contributed by atoms with E-state index < -0.39 is 50.1 Å². The first kappa shape index (κ1) is 49.5. The number of sulfone groups is 2. The number of alkyl halides is 3. The zero-order valence-corrected chi connectivity index (χ0v) is 37.1. The molecule has 0 atom stereocenters. The fraction of sp³-hybridized carbons (Fsp3) is 0.310. The molecule has 0 saturated carbocycles. The molecule has 2 saturated heterocycles. The maximum absolute atomic E-state index is 13.3. The number of amides is 5. The van der Waals surface area contributed by atoms with Crippen molar-refractivity contribution in [2.45, 2.75) is 19.3 Å². The van der Waals surface area contributed by atoms with Crippen LogP contribution in [0.15, 0.2) is 97.1 Å². The van der Waals surface area contributed by atoms with Gasteiger partial charge in [0.2, 0.25) is 0 Å². The number of halogens is 5. The molecule has 0 aliphatic carbocycles. The smallest absolute Gasteiger partial charge is 0.341 e. The van der Waals surface area contributed by atoms with E-state index in [9.17, 15) is 54.0 Å². The van der Waals surface area contributed by atoms with Crippen LogP contribution in [-0.2, 0) is 37.6 Å². The van der Waals surface area contributed by atoms with Crippen LogP contribution in [-0.4, -0.2) is 125 Å². The van der Waals surface area contributed by atoms with E-state index in [2.05, 4.69) is 0 Å². The number of ketones is 2. The second-order valence-electron chi connectivity index (χ2n) is 14.5. The summed E-state index contributed by atoms with van der Waals surface area (Å²) < 4.78 is 83.8. The zero-order valence-electron chi connectivity index (χ0n) is 34.0. The van der Waals surface area contributed by atoms with Gasteiger partial charge < -0.3 is 20.9 Å². The average molecular weight is 968 g/mol. The van der Waals surface area contributed by atoms with Gasteiger partial charge in [-0.3, -0.25) is 24.2 Å². The Morgan fingerprint density at radius 2 is 0.984 bits per heavy atom. The van der Waals surface area contributed by atoms with Crippen molar-refractivity contribution in [3.63, 3.8) is 0 Å². The summed E-state index contributed by atoms with van der Waals surface area (Å²) >= 11 is 12.7. The molecule has 0 unspecified atom stereocenters. The lowest BCUT2D eigenvalue weighted by atomic mass is 10.1. The molecule has 4 aromatic rings. The summed E-state index contributed by atoms with van der Waals surface area (Å²) in [6.07, 6.45) is -5.10. The molecule has 0 aromatic heterocycles. The SMILES string of the molecule is NCC(=O)c1ccc(CN(C(=O)N2CCS(=O)(=O)CC2)c2ccccc2)c(Cl)c1.O=C(CNC(=O)C(F)(F)F)c1ccc(CN(C(=O)N2CCS(=O)(=O)CC2)c2ccccc2)c(Cl)c1. The molecule has 6 rings (SSSR count). The minimum Gasteiger partial charge on any atom is -0.341 e. The molecule has 2 heterocycles. The third-order valence-electron chi connectivity index (χ3n) is 10.1. The van der Waals surface area contributed by atoms with Crippen LogP contribution in [0.1, 0.15) is 31.8 Å². The highest BCUT2D eigenvalue weighted by atomic mass is 35.5. The van der Waals surface area contributed by atoms with Crippen LogP contribution in [0.2, 0.25) is 10.0 Å². The van der Waals surface area contributed by atoms with Gasteiger partial charge in [0.05, 0.1) is 49.2 Å². The number of para-hydroxylation sites is 2. The molecule has 2 aliphatic heterocycles. The quantitative estimate of drug-likeness (QED) is 0.183. The highest BCUT2D eigenvalue weighted by molar-refractivity contribution is 7.91. The Labute approximate surface area is 377 Å². The highest BCUT2D eigenvalue weighted by Crippen LogP contribution is 2.27. The topological polar surface area (TPSA) is 205 Å². The van der Waals surface area contributed by atoms with Gasteiger partial charge in [0.1, 0.15) is 0 Å². The minimum absolute atomic E-state index is 0.00971. The first-order valence-electron chi connectivity index (χ1n) is 19.5. The van der Waals surface area contributed by atoms with E-state index >= 15 is 0 Å². The van der Waals surface area contributed by atoms with Gasteiger partial charge in [-0.15, -0.1) is 0 Å². The average Bonchev–Trinajstić information content (AvgIpc) is 3.27. The number of hydrogen-bond acceptors (Lipinski definition) is 10. The van der Waals surface area contributed by atoms with E-state index in [1.165, 1.54) is 38.2 Å². The number of nitrogens with zero attached hydrogens (tertiary/aromatic N) is 4. The largest absolute Gasteiger partial charge is 0.471 e. The van der Waals surface area contributed by atoms with Gasteiger partial charge in [0.15, 0.2) is 31.2 Å². The molecular formula is C42H43Cl2F3N6O9S2. The number of rotatable bonds is 11. The molecule has 2 aliphatic rings. The molecule has 22 heteroatoms. The third kappa shape index (κ3) is 13.5. The summed E-state index contributed by atoms with van der Waals surface area (Å²) in [4.78, 5) is 67.3. The van der Waals surface area contributed by atoms with Crippen LogP contribution in [0.4, 0.5) is 34.1 Å². The summed E-state index contributed by atoms with van der Waals surface area (Å²) in [7, 11) is -6.29. The van der Waals surface area contributed by atoms with Crippen LogP contribution in [0.3, 0.4) is 0 Å². The molecule has 2 fully saturated rings. The maximum Gasteiger partial charge on any atom is 0.471 e. The second-order valence-corrected chi connectivity index (χ2v) is 20.0. The lowest BCUT2D eigenvalue weighted by Crippen LogP contribution is -2.49. The molecule has 0 radical (unpaired) electrons. The number of hydrogen-bond donors (Lipinski definition) is 2. The standard InChI is InChI=1S/C22H21ClF3N3O5S.C20H22ClN3O4S/c23-18-12-15(19(30)13-27-20(31)22(24,25)26)6-7-16(18)14-29(17-4-2-1-3-5-17)21(32)28-8-10-35(33,34)11-9-28;21-18-12-15(19(25)13-22)6-7-16(18)14-24(17-4-2-1-3-5-17)20(26)23-8-10-29(27,28)11-9-23/h1-7,12H,8-11,13-14H2,(H,27,31);1-7,12H,8-11,13-14,22H2. The predicted octanol–water partition coefficient (Wildman–Crippen LogP) is 5.40. The molecule has 15 nitrogen and oxygen atoms in total. The number of anilines is 2. The van der Waals surface area contributed by atoms with Crippen LogP contribution in [0, 0.1) is 0 Å². The van der Waals surface area contributed by atoms with Crippen LogP contribution in [0.5, 0.6) is 0 Å². The second kappa shape index (κ2) is 21.4. The van der Waals surface area contributed by atoms with Gasteiger partial charge >= 0.3 is 24.1 Å². The van der Waals surface area contributed by atoms with Crippen molar-refractivity contribution in [3.05, 3.63) is 129 Å². The molecule has 64 heavy (non-hydrogen) atoms. The van der Waals surface area contributed by atoms with E-state index in [0.717, 1.165) is 0 Å². The van der Waals surface area contributed by atoms with E-state index in [0.29, 0.717) is 33.1 Å². The number of carbonyl (C=O) groups excluding carboxylic acids is 5. The van der Waals surface area contributed by atoms with E-state index in [1.54, 1.807) is 65.6 Å². The van der Waals surface area contributed by atoms with Crippen LogP contribution >= 0.6 is 23.2 Å². The number of benzene rings is 4. The van der Waals surface area contributed by atoms with Gasteiger partial charge in [0, 0.05) is 58.7 Å². The van der Waals surface area contributed by atoms with Gasteiger partial charge in [-0.2, -0.15) is 13.2 Å². The zero-order chi connectivity index (χ0) is 46.8. The molecule has 5 amide bonds. The van der Waals surface area contributed by atoms with Crippen molar-refractivity contribution in [3.8, 4) is 0 Å². The molecule has 4 aromatic carbocycles. The Morgan fingerprint density at radius 3 is 1.33 bits per heavy atom. The number of nitrogens with one attached hydrogen (secondary N) is 1. The Morgan fingerprint density at radius 1 is 0.609 bits per heavy atom. The van der Waals surface area contributed by atoms with Gasteiger partial charge in [-0.05, 0) is 47.5 Å². The first-order chi connectivity index (χ1) is 30.2. The Balaban J connectivity index is 0.000000245. The summed E-state index contributed by atoms with van der Waals surface area (Å²) in [6, 6.07) is 26.0. The third-order valence-corrected chi connectivity index (χ3v) is 14.0. The summed E-state index contributed by atoms with van der Waals surface area (Å²) in [6.45, 7) is -0.385. The molecular weight excluding hydrogens is 925 g/mol. The molecule has 0 bridgehead atoms. The fourth-order valence-corrected chi connectivity index (χ4v) is 9.31. The Bertz CT molecular complexity index is 2560. The molecule has 342 valence electrons. The summed E-state index contributed by atoms with van der Waals surface area (Å²) in [5, 5.41) is 1.96. The summed E-state index contributed by atoms with van der Waals surface area (Å²) in [5.41, 5.74) is 8.13. The predicted molar refractivity (Wildman–Crippen MR) is 236 cm³/mol. The molecule has 3 N–H and O–H groups in total. The summed E-state index contributed by atoms with van der Waals surface area (Å²) in [5.74, 6) is -3.58. The van der Waals surface area contributed by atoms with Crippen molar-refractivity contribution in [1.82, 2.24) is 15.1 Å². The van der Waals surface area contributed by atoms with E-state index in [4.69, 9.17) is 28.9 Å². The van der Waals surface area contributed by atoms with Crippen LogP contribution < -0.4 is 20.9 Å². The number of carbonyl (C=O) groups is 5. The lowest BCUT2D eigenvalue weighted by Gasteiger charge is -2.33. The minimum atomic E-state index is -5.10. The van der Waals surface area contributed by atoms with E-state index in [1.807, 2.05) is 18.2 Å². The lowest BCUT2D eigenvalue weighted by molar-refractivity contribution is -0.173. The van der Waals surface area contributed by atoms with Crippen LogP contribution in [0.25, 0.3) is 0 Å². The van der Waals surface area contributed by atoms with Crippen molar-refractivity contribution >= 4 is 83.8 Å². The van der Waals surface area contributed by atoms with Gasteiger partial charge in [-0.1, -0.05) is 83.9 Å². The number of Topliss-reactive ketones (excluding diaryl/α,β-unsaturated/α-hetero) is 2. The van der Waals surface area contributed by atoms with Crippen molar-refractivity contribution in [2.75, 3.05) is 72.1 Å². The van der Waals surface area contributed by atoms with E-state index in [-0.39, 0.29) is 91.2 Å². The normalized spacial score (nSPS) is 15.5. The number of nitrogens with two attached hydrogens (primary N) is 1. The van der Waals surface area contributed by atoms with Gasteiger partial charge in [-0.25, -0.2) is 26.4 Å². The van der Waals surface area contributed by atoms with Crippen molar-refractivity contribution in [1.29, 1.82) is 0 Å². The molecule has 0 spiro atoms. The Kier molecular flexibility index (Phi) is 16.6. The van der Waals surface area contributed by atoms with Crippen molar-refractivity contribution in [2.24, 2.45) is 5.73 Å². The van der Waals surface area contributed by atoms with Crippen molar-refractivity contribution < 1.29 is 54.0 Å². The Hall–Kier alpha value is -5.54. The first-order valence-corrected chi connectivity index (χ1v) is 23.9. The highest BCUT2D eigenvalue weighted by Gasteiger charge is 2.38. The maximum atomic E-state index is 13.3. The monoisotopic (exact) mass is 966 g/mol. The van der Waals surface area contributed by atoms with Gasteiger partial charge in [0.25, 0.3) is 0 Å². The number of urea groups is 2.